The zero-order chi connectivity index (χ0) is 13.9. The monoisotopic (exact) mass is 269 g/mol. The fourth-order valence-corrected chi connectivity index (χ4v) is 4.47. The first kappa shape index (κ1) is 14.0. The van der Waals surface area contributed by atoms with Crippen LogP contribution in [0.5, 0.6) is 0 Å². The first-order valence-corrected chi connectivity index (χ1v) is 8.64. The Labute approximate surface area is 125 Å². The maximum Gasteiger partial charge on any atom is 0.126 e. The van der Waals surface area contributed by atoms with Gasteiger partial charge < -0.3 is 0 Å². The molecule has 2 aliphatic rings. The van der Waals surface area contributed by atoms with Crippen molar-refractivity contribution in [3.05, 3.63) is 42.3 Å². The maximum absolute atomic E-state index is 3.99. The van der Waals surface area contributed by atoms with E-state index in [-0.39, 0.29) is 0 Å². The number of hydrogen-bond donors (Lipinski definition) is 0. The quantitative estimate of drug-likeness (QED) is 0.580. The second-order valence-corrected chi connectivity index (χ2v) is 7.37. The van der Waals surface area contributed by atoms with E-state index in [9.17, 15) is 0 Å². The average Bonchev–Trinajstić information content (AvgIpc) is 2.49. The van der Waals surface area contributed by atoms with Gasteiger partial charge in [-0.05, 0) is 79.9 Å². The van der Waals surface area contributed by atoms with Gasteiger partial charge in [0.25, 0.3) is 0 Å². The Kier molecular flexibility index (Phi) is 4.38. The summed E-state index contributed by atoms with van der Waals surface area (Å²) in [4.78, 5) is 0. The summed E-state index contributed by atoms with van der Waals surface area (Å²) in [6.45, 7) is 6.42. The van der Waals surface area contributed by atoms with Crippen LogP contribution in [0.3, 0.4) is 0 Å². The number of hydrogen-bond acceptors (Lipinski definition) is 0. The van der Waals surface area contributed by atoms with Crippen molar-refractivity contribution in [1.82, 2.24) is 0 Å². The van der Waals surface area contributed by atoms with Crippen molar-refractivity contribution in [2.45, 2.75) is 64.2 Å². The molecule has 1 aromatic carbocycles. The van der Waals surface area contributed by atoms with Gasteiger partial charge >= 0.3 is 0 Å². The van der Waals surface area contributed by atoms with Gasteiger partial charge in [-0.1, -0.05) is 19.8 Å². The largest absolute Gasteiger partial charge is 0.126 e. The van der Waals surface area contributed by atoms with Gasteiger partial charge in [0.2, 0.25) is 0 Å². The minimum absolute atomic E-state index is 0.814. The Bertz CT molecular complexity index is 400. The van der Waals surface area contributed by atoms with E-state index in [4.69, 9.17) is 0 Å². The van der Waals surface area contributed by atoms with E-state index in [1.807, 2.05) is 0 Å². The van der Waals surface area contributed by atoms with Crippen molar-refractivity contribution in [3.63, 3.8) is 0 Å². The second kappa shape index (κ2) is 6.24. The molecule has 0 atom stereocenters. The molecular weight excluding hydrogens is 240 g/mol. The lowest BCUT2D eigenvalue weighted by atomic mass is 9.68. The summed E-state index contributed by atoms with van der Waals surface area (Å²) in [5.74, 6) is 3.89. The van der Waals surface area contributed by atoms with Gasteiger partial charge in [0.15, 0.2) is 0 Å². The molecule has 0 heteroatoms. The van der Waals surface area contributed by atoms with Crippen molar-refractivity contribution in [3.8, 4) is 0 Å². The van der Waals surface area contributed by atoms with Gasteiger partial charge in [-0.3, -0.25) is 0 Å². The molecule has 0 radical (unpaired) electrons. The van der Waals surface area contributed by atoms with Crippen molar-refractivity contribution in [2.24, 2.45) is 17.8 Å². The lowest BCUT2D eigenvalue weighted by Gasteiger charge is -2.37. The summed E-state index contributed by atoms with van der Waals surface area (Å²) in [6, 6.07) is 8.94. The summed E-state index contributed by atoms with van der Waals surface area (Å²) in [5.41, 5.74) is 2.69. The van der Waals surface area contributed by atoms with Crippen LogP contribution in [-0.2, 0) is 0 Å². The predicted molar refractivity (Wildman–Crippen MR) is 86.7 cm³/mol. The van der Waals surface area contributed by atoms with Crippen molar-refractivity contribution >= 4 is 0 Å². The fraction of sp³-hybridized carbons (Fsp3) is 0.650. The van der Waals surface area contributed by atoms with Crippen molar-refractivity contribution < 1.29 is 0 Å². The highest BCUT2D eigenvalue weighted by atomic mass is 14.4. The minimum Gasteiger partial charge on any atom is -0.0625 e. The smallest absolute Gasteiger partial charge is 0.0625 e. The highest BCUT2D eigenvalue weighted by Crippen LogP contribution is 2.43. The molecule has 0 aliphatic heterocycles. The molecule has 3 rings (SSSR count). The van der Waals surface area contributed by atoms with E-state index >= 15 is 0 Å². The molecule has 1 aromatic rings. The first-order chi connectivity index (χ1) is 9.72. The molecule has 0 bridgehead atoms. The molecule has 0 heterocycles. The molecule has 0 saturated heterocycles. The molecule has 0 aromatic heterocycles. The van der Waals surface area contributed by atoms with Crippen LogP contribution in [0.25, 0.3) is 0 Å². The molecule has 0 unspecified atom stereocenters. The topological polar surface area (TPSA) is 0 Å². The molecule has 0 spiro atoms. The minimum atomic E-state index is 0.814. The van der Waals surface area contributed by atoms with Gasteiger partial charge in [0.1, 0.15) is 5.56 Å². The van der Waals surface area contributed by atoms with E-state index in [0.717, 1.165) is 29.2 Å². The van der Waals surface area contributed by atoms with E-state index in [2.05, 4.69) is 38.1 Å². The van der Waals surface area contributed by atoms with Crippen LogP contribution < -0.4 is 0 Å². The van der Waals surface area contributed by atoms with E-state index < -0.39 is 0 Å². The lowest BCUT2D eigenvalue weighted by Crippen LogP contribution is -2.24. The molecule has 0 N–H and O–H groups in total. The average molecular weight is 269 g/mol. The number of benzene rings is 1. The van der Waals surface area contributed by atoms with Gasteiger partial charge in [0.05, 0.1) is 0 Å². The molecule has 20 heavy (non-hydrogen) atoms. The Morgan fingerprint density at radius 2 is 1.25 bits per heavy atom. The molecule has 2 aliphatic carbocycles. The summed E-state index contributed by atoms with van der Waals surface area (Å²) in [6.07, 6.45) is 11.7. The maximum atomic E-state index is 3.99. The van der Waals surface area contributed by atoms with Gasteiger partial charge in [-0.2, -0.15) is 0 Å². The van der Waals surface area contributed by atoms with Gasteiger partial charge in [-0.15, -0.1) is 0 Å². The molecule has 0 amide bonds. The molecular formula is C20H29+. The fourth-order valence-electron chi connectivity index (χ4n) is 4.47. The van der Waals surface area contributed by atoms with Gasteiger partial charge in [-0.25, -0.2) is 0 Å². The lowest BCUT2D eigenvalue weighted by molar-refractivity contribution is 0.165. The number of rotatable bonds is 2. The van der Waals surface area contributed by atoms with Crippen LogP contribution in [-0.4, -0.2) is 0 Å². The Morgan fingerprint density at radius 1 is 0.750 bits per heavy atom. The van der Waals surface area contributed by atoms with E-state index in [1.165, 1.54) is 51.4 Å². The molecule has 2 saturated carbocycles. The summed E-state index contributed by atoms with van der Waals surface area (Å²) in [5, 5.41) is 0. The van der Waals surface area contributed by atoms with Crippen LogP contribution in [0, 0.1) is 24.7 Å². The highest BCUT2D eigenvalue weighted by Gasteiger charge is 2.30. The zero-order valence-corrected chi connectivity index (χ0v) is 13.0. The van der Waals surface area contributed by atoms with Crippen LogP contribution in [0.4, 0.5) is 0 Å². The Hall–Kier alpha value is -0.910. The van der Waals surface area contributed by atoms with E-state index in [1.54, 1.807) is 5.56 Å². The highest BCUT2D eigenvalue weighted by molar-refractivity contribution is 5.27. The predicted octanol–water partition coefficient (Wildman–Crippen LogP) is 5.97. The normalized spacial score (nSPS) is 34.9. The summed E-state index contributed by atoms with van der Waals surface area (Å²) >= 11 is 0. The summed E-state index contributed by atoms with van der Waals surface area (Å²) in [7, 11) is 0. The molecule has 108 valence electrons. The summed E-state index contributed by atoms with van der Waals surface area (Å²) < 4.78 is 0. The SMILES string of the molecule is [CH2+]c1ccc(C2CCC(C3CCC(C)CC3)CC2)cc1. The second-order valence-electron chi connectivity index (χ2n) is 7.37. The molecule has 2 fully saturated rings. The van der Waals surface area contributed by atoms with Crippen LogP contribution >= 0.6 is 0 Å². The van der Waals surface area contributed by atoms with Crippen LogP contribution in [0.2, 0.25) is 0 Å². The molecule has 0 nitrogen and oxygen atoms in total. The standard InChI is InChI=1S/C20H29/c1-15-3-7-17(8-4-15)19-11-13-20(14-12-19)18-9-5-16(2)6-10-18/h3-4,7-8,16,18-20H,1,5-6,9-14H2,2H3/q+1. The van der Waals surface area contributed by atoms with Crippen molar-refractivity contribution in [2.75, 3.05) is 0 Å². The third kappa shape index (κ3) is 3.22. The van der Waals surface area contributed by atoms with Crippen LogP contribution in [0.1, 0.15) is 75.3 Å². The zero-order valence-electron chi connectivity index (χ0n) is 13.0. The Balaban J connectivity index is 1.53. The van der Waals surface area contributed by atoms with Gasteiger partial charge in [0, 0.05) is 19.1 Å². The van der Waals surface area contributed by atoms with Crippen molar-refractivity contribution in [1.29, 1.82) is 0 Å². The third-order valence-electron chi connectivity index (χ3n) is 5.95. The van der Waals surface area contributed by atoms with E-state index in [0.29, 0.717) is 0 Å². The third-order valence-corrected chi connectivity index (χ3v) is 5.95. The Morgan fingerprint density at radius 3 is 1.80 bits per heavy atom. The van der Waals surface area contributed by atoms with Crippen LogP contribution in [0.15, 0.2) is 24.3 Å². The first-order valence-electron chi connectivity index (χ1n) is 8.64.